The van der Waals surface area contributed by atoms with E-state index in [1.54, 1.807) is 4.73 Å². The summed E-state index contributed by atoms with van der Waals surface area (Å²) in [5, 5.41) is 0. The van der Waals surface area contributed by atoms with Crippen molar-refractivity contribution >= 4 is 12.2 Å². The predicted molar refractivity (Wildman–Crippen MR) is 69.9 cm³/mol. The van der Waals surface area contributed by atoms with Gasteiger partial charge in [0.05, 0.1) is 0 Å². The monoisotopic (exact) mass is 237 g/mol. The quantitative estimate of drug-likeness (QED) is 0.554. The van der Waals surface area contributed by atoms with Gasteiger partial charge in [-0.1, -0.05) is 38.2 Å². The molecule has 1 rings (SSSR count). The molecule has 1 atom stereocenters. The molecule has 0 saturated heterocycles. The van der Waals surface area contributed by atoms with Crippen LogP contribution in [0.4, 0.5) is 0 Å². The van der Waals surface area contributed by atoms with E-state index in [1.165, 1.54) is 0 Å². The molecule has 0 aliphatic carbocycles. The number of aromatic nitrogens is 1. The molecule has 0 radical (unpaired) electrons. The van der Waals surface area contributed by atoms with Gasteiger partial charge in [-0.05, 0) is 30.9 Å². The maximum Gasteiger partial charge on any atom is 0.142 e. The number of rotatable bonds is 6. The van der Waals surface area contributed by atoms with E-state index in [9.17, 15) is 0 Å². The second-order valence-electron chi connectivity index (χ2n) is 4.12. The molecule has 0 N–H and O–H groups in total. The highest BCUT2D eigenvalue weighted by Crippen LogP contribution is 2.11. The first-order chi connectivity index (χ1) is 7.65. The van der Waals surface area contributed by atoms with Gasteiger partial charge in [0.15, 0.2) is 0 Å². The summed E-state index contributed by atoms with van der Waals surface area (Å²) in [6.45, 7) is 8.04. The lowest BCUT2D eigenvalue weighted by atomic mass is 10.0. The van der Waals surface area contributed by atoms with Crippen molar-refractivity contribution in [2.45, 2.75) is 32.8 Å². The lowest BCUT2D eigenvalue weighted by Crippen LogP contribution is -2.30. The number of allylic oxidation sites excluding steroid dienone is 1. The molecule has 88 valence electrons. The van der Waals surface area contributed by atoms with Crippen LogP contribution in [0.2, 0.25) is 0 Å². The van der Waals surface area contributed by atoms with E-state index < -0.39 is 0 Å². The molecule has 0 aliphatic heterocycles. The van der Waals surface area contributed by atoms with Gasteiger partial charge in [-0.2, -0.15) is 4.73 Å². The molecule has 0 saturated carbocycles. The third-order valence-electron chi connectivity index (χ3n) is 2.44. The van der Waals surface area contributed by atoms with Crippen LogP contribution in [0.15, 0.2) is 37.1 Å². The molecule has 1 unspecified atom stereocenters. The van der Waals surface area contributed by atoms with Crippen LogP contribution in [0, 0.1) is 10.6 Å². The Hall–Kier alpha value is -1.09. The topological polar surface area (TPSA) is 14.2 Å². The highest BCUT2D eigenvalue weighted by Gasteiger charge is 2.14. The van der Waals surface area contributed by atoms with Crippen molar-refractivity contribution in [3.63, 3.8) is 0 Å². The van der Waals surface area contributed by atoms with E-state index in [4.69, 9.17) is 17.1 Å². The van der Waals surface area contributed by atoms with E-state index in [1.807, 2.05) is 30.5 Å². The van der Waals surface area contributed by atoms with E-state index >= 15 is 0 Å². The Bertz CT molecular complexity index is 384. The van der Waals surface area contributed by atoms with Crippen molar-refractivity contribution in [2.24, 2.45) is 5.92 Å². The number of nitrogens with zero attached hydrogens (tertiary/aromatic N) is 1. The molecule has 0 bridgehead atoms. The molecule has 0 aromatic carbocycles. The van der Waals surface area contributed by atoms with Gasteiger partial charge in [0.1, 0.15) is 10.7 Å². The smallest absolute Gasteiger partial charge is 0.142 e. The molecule has 0 fully saturated rings. The Balaban J connectivity index is 2.71. The molecule has 0 spiro atoms. The van der Waals surface area contributed by atoms with E-state index in [-0.39, 0.29) is 6.10 Å². The Morgan fingerprint density at radius 2 is 2.25 bits per heavy atom. The molecular formula is C13H19NOS. The molecule has 1 aromatic heterocycles. The van der Waals surface area contributed by atoms with E-state index in [0.29, 0.717) is 10.6 Å². The van der Waals surface area contributed by atoms with Crippen LogP contribution >= 0.6 is 12.2 Å². The third kappa shape index (κ3) is 3.81. The minimum atomic E-state index is 0.173. The SMILES string of the molecule is C=CCCC(On1ccccc1=S)C(C)C. The van der Waals surface area contributed by atoms with Gasteiger partial charge < -0.3 is 4.84 Å². The number of hydrogen-bond donors (Lipinski definition) is 0. The van der Waals surface area contributed by atoms with Gasteiger partial charge in [0, 0.05) is 6.20 Å². The lowest BCUT2D eigenvalue weighted by Gasteiger charge is -2.22. The first-order valence-corrected chi connectivity index (χ1v) is 6.01. The zero-order valence-electron chi connectivity index (χ0n) is 9.93. The second kappa shape index (κ2) is 6.48. The third-order valence-corrected chi connectivity index (χ3v) is 2.75. The van der Waals surface area contributed by atoms with Crippen molar-refractivity contribution in [1.82, 2.24) is 4.73 Å². The molecule has 0 amide bonds. The zero-order valence-corrected chi connectivity index (χ0v) is 10.7. The summed E-state index contributed by atoms with van der Waals surface area (Å²) >= 11 is 5.19. The van der Waals surface area contributed by atoms with Crippen LogP contribution in [-0.2, 0) is 0 Å². The fourth-order valence-corrected chi connectivity index (χ4v) is 1.62. The molecule has 1 heterocycles. The van der Waals surface area contributed by atoms with E-state index in [2.05, 4.69) is 20.4 Å². The Morgan fingerprint density at radius 1 is 1.50 bits per heavy atom. The van der Waals surface area contributed by atoms with Crippen molar-refractivity contribution < 1.29 is 4.84 Å². The van der Waals surface area contributed by atoms with Gasteiger partial charge in [-0.15, -0.1) is 6.58 Å². The molecule has 16 heavy (non-hydrogen) atoms. The van der Waals surface area contributed by atoms with Gasteiger partial charge in [0.25, 0.3) is 0 Å². The van der Waals surface area contributed by atoms with Crippen LogP contribution in [0.25, 0.3) is 0 Å². The molecule has 3 heteroatoms. The van der Waals surface area contributed by atoms with Gasteiger partial charge in [-0.3, -0.25) is 0 Å². The first kappa shape index (κ1) is 13.0. The highest BCUT2D eigenvalue weighted by atomic mass is 32.1. The average molecular weight is 237 g/mol. The Labute approximate surface area is 103 Å². The first-order valence-electron chi connectivity index (χ1n) is 5.61. The molecular weight excluding hydrogens is 218 g/mol. The van der Waals surface area contributed by atoms with Crippen LogP contribution in [0.5, 0.6) is 0 Å². The van der Waals surface area contributed by atoms with Gasteiger partial charge in [0.2, 0.25) is 0 Å². The summed E-state index contributed by atoms with van der Waals surface area (Å²) in [6.07, 6.45) is 5.88. The molecule has 0 aliphatic rings. The normalized spacial score (nSPS) is 12.4. The maximum atomic E-state index is 5.87. The zero-order chi connectivity index (χ0) is 12.0. The van der Waals surface area contributed by atoms with Crippen LogP contribution in [0.3, 0.4) is 0 Å². The summed E-state index contributed by atoms with van der Waals surface area (Å²) in [7, 11) is 0. The van der Waals surface area contributed by atoms with Crippen molar-refractivity contribution in [3.8, 4) is 0 Å². The summed E-state index contributed by atoms with van der Waals surface area (Å²) < 4.78 is 2.37. The van der Waals surface area contributed by atoms with Gasteiger partial charge in [-0.25, -0.2) is 0 Å². The number of hydrogen-bond acceptors (Lipinski definition) is 2. The predicted octanol–water partition coefficient (Wildman–Crippen LogP) is 3.64. The average Bonchev–Trinajstić information content (AvgIpc) is 2.26. The van der Waals surface area contributed by atoms with Crippen LogP contribution in [-0.4, -0.2) is 10.8 Å². The standard InChI is InChI=1S/C13H19NOS/c1-4-5-8-12(11(2)3)15-14-10-7-6-9-13(14)16/h4,6-7,9-12H,1,5,8H2,2-3H3. The van der Waals surface area contributed by atoms with Crippen molar-refractivity contribution in [3.05, 3.63) is 41.7 Å². The summed E-state index contributed by atoms with van der Waals surface area (Å²) in [5.74, 6) is 0.460. The van der Waals surface area contributed by atoms with Crippen molar-refractivity contribution in [1.29, 1.82) is 0 Å². The van der Waals surface area contributed by atoms with Crippen LogP contribution in [0.1, 0.15) is 26.7 Å². The second-order valence-corrected chi connectivity index (χ2v) is 4.54. The Kier molecular flexibility index (Phi) is 5.26. The van der Waals surface area contributed by atoms with Crippen molar-refractivity contribution in [2.75, 3.05) is 0 Å². The molecule has 2 nitrogen and oxygen atoms in total. The Morgan fingerprint density at radius 3 is 2.81 bits per heavy atom. The van der Waals surface area contributed by atoms with Gasteiger partial charge >= 0.3 is 0 Å². The minimum Gasteiger partial charge on any atom is -0.410 e. The number of pyridine rings is 1. The fourth-order valence-electron chi connectivity index (χ4n) is 1.44. The lowest BCUT2D eigenvalue weighted by molar-refractivity contribution is 0.00174. The minimum absolute atomic E-state index is 0.173. The molecule has 1 aromatic rings. The summed E-state index contributed by atoms with van der Waals surface area (Å²) in [5.41, 5.74) is 0. The van der Waals surface area contributed by atoms with E-state index in [0.717, 1.165) is 12.8 Å². The summed E-state index contributed by atoms with van der Waals surface area (Å²) in [6, 6.07) is 5.69. The highest BCUT2D eigenvalue weighted by molar-refractivity contribution is 7.71. The van der Waals surface area contributed by atoms with Crippen LogP contribution < -0.4 is 4.84 Å². The summed E-state index contributed by atoms with van der Waals surface area (Å²) in [4.78, 5) is 5.87. The largest absolute Gasteiger partial charge is 0.410 e. The fraction of sp³-hybridized carbons (Fsp3) is 0.462. The maximum absolute atomic E-state index is 5.87.